The van der Waals surface area contributed by atoms with Gasteiger partial charge in [0.25, 0.3) is 0 Å². The van der Waals surface area contributed by atoms with E-state index in [-0.39, 0.29) is 12.6 Å². The maximum absolute atomic E-state index is 12.4. The number of alkyl halides is 3. The van der Waals surface area contributed by atoms with Gasteiger partial charge in [0.15, 0.2) is 0 Å². The minimum atomic E-state index is -4.36. The molecule has 0 unspecified atom stereocenters. The second-order valence-corrected chi connectivity index (χ2v) is 3.73. The van der Waals surface area contributed by atoms with E-state index >= 15 is 0 Å². The number of benzene rings is 1. The summed E-state index contributed by atoms with van der Waals surface area (Å²) in [5.41, 5.74) is 0.135. The first kappa shape index (κ1) is 13.3. The van der Waals surface area contributed by atoms with Crippen molar-refractivity contribution in [2.45, 2.75) is 12.8 Å². The second kappa shape index (κ2) is 5.23. The van der Waals surface area contributed by atoms with Crippen molar-refractivity contribution in [1.29, 1.82) is 0 Å². The molecule has 0 aliphatic heterocycles. The first-order chi connectivity index (χ1) is 8.99. The first-order valence-corrected chi connectivity index (χ1v) is 5.36. The van der Waals surface area contributed by atoms with E-state index in [0.717, 1.165) is 12.1 Å². The molecule has 4 nitrogen and oxygen atoms in total. The van der Waals surface area contributed by atoms with Crippen LogP contribution in [0.3, 0.4) is 0 Å². The maximum Gasteiger partial charge on any atom is 0.416 e. The highest BCUT2D eigenvalue weighted by molar-refractivity contribution is 5.53. The van der Waals surface area contributed by atoms with Gasteiger partial charge < -0.3 is 10.4 Å². The van der Waals surface area contributed by atoms with Gasteiger partial charge in [0.1, 0.15) is 0 Å². The molecule has 1 heterocycles. The molecule has 1 aromatic carbocycles. The van der Waals surface area contributed by atoms with Crippen LogP contribution in [0.15, 0.2) is 36.5 Å². The van der Waals surface area contributed by atoms with E-state index in [4.69, 9.17) is 5.11 Å². The lowest BCUT2D eigenvalue weighted by Gasteiger charge is -2.08. The van der Waals surface area contributed by atoms with Crippen molar-refractivity contribution in [3.63, 3.8) is 0 Å². The lowest BCUT2D eigenvalue weighted by Crippen LogP contribution is -2.05. The molecular formula is C12H10F3N3O. The van der Waals surface area contributed by atoms with Gasteiger partial charge in [-0.3, -0.25) is 0 Å². The summed E-state index contributed by atoms with van der Waals surface area (Å²) in [5, 5.41) is 11.7. The number of aliphatic hydroxyl groups excluding tert-OH is 1. The fourth-order valence-electron chi connectivity index (χ4n) is 1.42. The quantitative estimate of drug-likeness (QED) is 0.899. The van der Waals surface area contributed by atoms with E-state index in [1.165, 1.54) is 24.4 Å². The Morgan fingerprint density at radius 1 is 1.11 bits per heavy atom. The number of anilines is 2. The molecule has 0 spiro atoms. The monoisotopic (exact) mass is 269 g/mol. The standard InChI is InChI=1S/C12H10F3N3O/c13-12(14,15)8-1-3-9(4-2-8)17-11-16-6-5-10(7-19)18-11/h1-6,19H,7H2,(H,16,17,18). The van der Waals surface area contributed by atoms with Gasteiger partial charge in [-0.15, -0.1) is 0 Å². The average Bonchev–Trinajstić information content (AvgIpc) is 2.38. The van der Waals surface area contributed by atoms with Crippen molar-refractivity contribution in [1.82, 2.24) is 9.97 Å². The third-order valence-electron chi connectivity index (χ3n) is 2.34. The van der Waals surface area contributed by atoms with E-state index in [0.29, 0.717) is 11.4 Å². The van der Waals surface area contributed by atoms with Crippen molar-refractivity contribution in [2.75, 3.05) is 5.32 Å². The van der Waals surface area contributed by atoms with Crippen LogP contribution in [0.1, 0.15) is 11.3 Å². The van der Waals surface area contributed by atoms with Crippen LogP contribution in [0.2, 0.25) is 0 Å². The Hall–Kier alpha value is -2.15. The molecule has 1 aromatic heterocycles. The zero-order valence-corrected chi connectivity index (χ0v) is 9.65. The van der Waals surface area contributed by atoms with Crippen molar-refractivity contribution in [3.8, 4) is 0 Å². The zero-order chi connectivity index (χ0) is 13.9. The Morgan fingerprint density at radius 2 is 1.79 bits per heavy atom. The highest BCUT2D eigenvalue weighted by Gasteiger charge is 2.29. The first-order valence-electron chi connectivity index (χ1n) is 5.36. The third kappa shape index (κ3) is 3.41. The van der Waals surface area contributed by atoms with E-state index < -0.39 is 11.7 Å². The Kier molecular flexibility index (Phi) is 3.66. The van der Waals surface area contributed by atoms with E-state index in [1.807, 2.05) is 0 Å². The Bertz CT molecular complexity index is 555. The van der Waals surface area contributed by atoms with Gasteiger partial charge in [0.2, 0.25) is 5.95 Å². The lowest BCUT2D eigenvalue weighted by molar-refractivity contribution is -0.137. The number of hydrogen-bond acceptors (Lipinski definition) is 4. The second-order valence-electron chi connectivity index (χ2n) is 3.73. The van der Waals surface area contributed by atoms with Crippen LogP contribution in [0.5, 0.6) is 0 Å². The van der Waals surface area contributed by atoms with Gasteiger partial charge in [0.05, 0.1) is 17.9 Å². The number of hydrogen-bond donors (Lipinski definition) is 2. The predicted octanol–water partition coefficient (Wildman–Crippen LogP) is 2.73. The van der Waals surface area contributed by atoms with Crippen molar-refractivity contribution in [3.05, 3.63) is 47.8 Å². The molecule has 0 fully saturated rings. The molecule has 2 N–H and O–H groups in total. The topological polar surface area (TPSA) is 58.0 Å². The van der Waals surface area contributed by atoms with Gasteiger partial charge in [0, 0.05) is 11.9 Å². The van der Waals surface area contributed by atoms with Gasteiger partial charge in [-0.05, 0) is 30.3 Å². The normalized spacial score (nSPS) is 11.4. The summed E-state index contributed by atoms with van der Waals surface area (Å²) in [5.74, 6) is 0.214. The molecule has 7 heteroatoms. The van der Waals surface area contributed by atoms with Gasteiger partial charge in [-0.2, -0.15) is 13.2 Å². The summed E-state index contributed by atoms with van der Waals surface area (Å²) in [4.78, 5) is 7.86. The van der Waals surface area contributed by atoms with E-state index in [1.54, 1.807) is 0 Å². The number of nitrogens with zero attached hydrogens (tertiary/aromatic N) is 2. The van der Waals surface area contributed by atoms with Crippen molar-refractivity contribution >= 4 is 11.6 Å². The van der Waals surface area contributed by atoms with Crippen molar-refractivity contribution in [2.24, 2.45) is 0 Å². The van der Waals surface area contributed by atoms with Gasteiger partial charge >= 0.3 is 6.18 Å². The maximum atomic E-state index is 12.4. The summed E-state index contributed by atoms with van der Waals surface area (Å²) in [6.45, 7) is -0.232. The number of aromatic nitrogens is 2. The van der Waals surface area contributed by atoms with Crippen LogP contribution in [0.4, 0.5) is 24.8 Å². The largest absolute Gasteiger partial charge is 0.416 e. The minimum absolute atomic E-state index is 0.214. The third-order valence-corrected chi connectivity index (χ3v) is 2.34. The molecule has 0 saturated carbocycles. The molecule has 0 aliphatic carbocycles. The molecule has 2 rings (SSSR count). The molecule has 0 saturated heterocycles. The van der Waals surface area contributed by atoms with Crippen LogP contribution in [0, 0.1) is 0 Å². The number of aliphatic hydroxyl groups is 1. The number of halogens is 3. The average molecular weight is 269 g/mol. The minimum Gasteiger partial charge on any atom is -0.390 e. The molecule has 19 heavy (non-hydrogen) atoms. The summed E-state index contributed by atoms with van der Waals surface area (Å²) < 4.78 is 37.1. The van der Waals surface area contributed by atoms with E-state index in [9.17, 15) is 13.2 Å². The number of nitrogens with one attached hydrogen (secondary N) is 1. The van der Waals surface area contributed by atoms with Crippen molar-refractivity contribution < 1.29 is 18.3 Å². The van der Waals surface area contributed by atoms with Gasteiger partial charge in [-0.1, -0.05) is 0 Å². The smallest absolute Gasteiger partial charge is 0.390 e. The Balaban J connectivity index is 2.15. The zero-order valence-electron chi connectivity index (χ0n) is 9.65. The highest BCUT2D eigenvalue weighted by atomic mass is 19.4. The molecule has 100 valence electrons. The van der Waals surface area contributed by atoms with Crippen LogP contribution in [-0.4, -0.2) is 15.1 Å². The molecule has 0 bridgehead atoms. The highest BCUT2D eigenvalue weighted by Crippen LogP contribution is 2.30. The van der Waals surface area contributed by atoms with Crippen LogP contribution >= 0.6 is 0 Å². The van der Waals surface area contributed by atoms with Gasteiger partial charge in [-0.25, -0.2) is 9.97 Å². The van der Waals surface area contributed by atoms with E-state index in [2.05, 4.69) is 15.3 Å². The summed E-state index contributed by atoms with van der Waals surface area (Å²) in [7, 11) is 0. The molecule has 2 aromatic rings. The molecule has 0 amide bonds. The Morgan fingerprint density at radius 3 is 2.37 bits per heavy atom. The fourth-order valence-corrected chi connectivity index (χ4v) is 1.42. The SMILES string of the molecule is OCc1ccnc(Nc2ccc(C(F)(F)F)cc2)n1. The Labute approximate surface area is 106 Å². The summed E-state index contributed by atoms with van der Waals surface area (Å²) in [6, 6.07) is 6.06. The summed E-state index contributed by atoms with van der Waals surface area (Å²) >= 11 is 0. The summed E-state index contributed by atoms with van der Waals surface area (Å²) in [6.07, 6.45) is -2.91. The van der Waals surface area contributed by atoms with Crippen LogP contribution in [-0.2, 0) is 12.8 Å². The van der Waals surface area contributed by atoms with Crippen LogP contribution < -0.4 is 5.32 Å². The van der Waals surface area contributed by atoms with Crippen LogP contribution in [0.25, 0.3) is 0 Å². The fraction of sp³-hybridized carbons (Fsp3) is 0.167. The molecule has 0 atom stereocenters. The predicted molar refractivity (Wildman–Crippen MR) is 62.7 cm³/mol. The molecule has 0 aliphatic rings. The lowest BCUT2D eigenvalue weighted by atomic mass is 10.2. The number of rotatable bonds is 3. The molecule has 0 radical (unpaired) electrons. The molecular weight excluding hydrogens is 259 g/mol.